The third kappa shape index (κ3) is 1.25. The van der Waals surface area contributed by atoms with E-state index in [0.29, 0.717) is 18.1 Å². The predicted molar refractivity (Wildman–Crippen MR) is 37.8 cm³/mol. The molecule has 0 aliphatic heterocycles. The fraction of sp³-hybridized carbons (Fsp3) is 0.500. The van der Waals surface area contributed by atoms with Crippen LogP contribution in [-0.2, 0) is 6.42 Å². The smallest absolute Gasteiger partial charge is 0.197 e. The zero-order valence-corrected chi connectivity index (χ0v) is 6.08. The maximum atomic E-state index is 8.35. The molecule has 3 heteroatoms. The molecular formula is C8H8N2O. The second-order valence-corrected chi connectivity index (χ2v) is 2.77. The van der Waals surface area contributed by atoms with E-state index in [1.54, 1.807) is 6.20 Å². The van der Waals surface area contributed by atoms with E-state index < -0.39 is 0 Å². The highest BCUT2D eigenvalue weighted by Gasteiger charge is 2.28. The van der Waals surface area contributed by atoms with Crippen molar-refractivity contribution in [1.82, 2.24) is 4.98 Å². The molecular weight excluding hydrogens is 140 g/mol. The summed E-state index contributed by atoms with van der Waals surface area (Å²) in [4.78, 5) is 4.08. The number of aromatic nitrogens is 1. The fourth-order valence-corrected chi connectivity index (χ4v) is 1.00. The van der Waals surface area contributed by atoms with Crippen molar-refractivity contribution in [1.29, 1.82) is 5.26 Å². The molecule has 1 aliphatic rings. The van der Waals surface area contributed by atoms with Crippen LogP contribution in [0.25, 0.3) is 0 Å². The van der Waals surface area contributed by atoms with Gasteiger partial charge in [0.15, 0.2) is 5.89 Å². The van der Waals surface area contributed by atoms with Crippen molar-refractivity contribution in [2.75, 3.05) is 0 Å². The Kier molecular flexibility index (Phi) is 1.39. The molecule has 11 heavy (non-hydrogen) atoms. The Morgan fingerprint density at radius 3 is 3.18 bits per heavy atom. The molecule has 3 nitrogen and oxygen atoms in total. The lowest BCUT2D eigenvalue weighted by Crippen LogP contribution is -1.75. The van der Waals surface area contributed by atoms with E-state index >= 15 is 0 Å². The lowest BCUT2D eigenvalue weighted by atomic mass is 10.4. The highest BCUT2D eigenvalue weighted by Crippen LogP contribution is 2.39. The monoisotopic (exact) mass is 148 g/mol. The van der Waals surface area contributed by atoms with Crippen LogP contribution in [0.15, 0.2) is 10.6 Å². The van der Waals surface area contributed by atoms with Crippen molar-refractivity contribution in [3.63, 3.8) is 0 Å². The van der Waals surface area contributed by atoms with Gasteiger partial charge in [0.2, 0.25) is 0 Å². The predicted octanol–water partition coefficient (Wildman–Crippen LogP) is 1.62. The van der Waals surface area contributed by atoms with Crippen LogP contribution < -0.4 is 0 Å². The summed E-state index contributed by atoms with van der Waals surface area (Å²) in [5.74, 6) is 2.05. The first-order valence-corrected chi connectivity index (χ1v) is 3.71. The molecule has 1 aliphatic carbocycles. The third-order valence-corrected chi connectivity index (χ3v) is 1.75. The maximum Gasteiger partial charge on any atom is 0.197 e. The van der Waals surface area contributed by atoms with Gasteiger partial charge in [-0.2, -0.15) is 5.26 Å². The Bertz CT molecular complexity index is 293. The average molecular weight is 148 g/mol. The normalized spacial score (nSPS) is 16.3. The molecule has 0 amide bonds. The summed E-state index contributed by atoms with van der Waals surface area (Å²) in [6, 6.07) is 2.02. The van der Waals surface area contributed by atoms with Crippen LogP contribution >= 0.6 is 0 Å². The van der Waals surface area contributed by atoms with Gasteiger partial charge in [-0.25, -0.2) is 4.98 Å². The Labute approximate surface area is 64.7 Å². The minimum atomic E-state index is 0.333. The maximum absolute atomic E-state index is 8.35. The summed E-state index contributed by atoms with van der Waals surface area (Å²) in [5, 5.41) is 8.35. The Hall–Kier alpha value is -1.30. The van der Waals surface area contributed by atoms with E-state index in [0.717, 1.165) is 5.89 Å². The summed E-state index contributed by atoms with van der Waals surface area (Å²) < 4.78 is 5.31. The molecule has 0 N–H and O–H groups in total. The van der Waals surface area contributed by atoms with Gasteiger partial charge >= 0.3 is 0 Å². The van der Waals surface area contributed by atoms with Crippen molar-refractivity contribution < 1.29 is 4.42 Å². The molecule has 56 valence electrons. The van der Waals surface area contributed by atoms with Gasteiger partial charge in [0, 0.05) is 5.92 Å². The molecule has 1 fully saturated rings. The lowest BCUT2D eigenvalue weighted by molar-refractivity contribution is 0.466. The van der Waals surface area contributed by atoms with Gasteiger partial charge in [-0.1, -0.05) is 0 Å². The van der Waals surface area contributed by atoms with E-state index in [1.165, 1.54) is 12.8 Å². The SMILES string of the molecule is N#CCc1cnc(C2CC2)o1. The van der Waals surface area contributed by atoms with E-state index in [9.17, 15) is 0 Å². The quantitative estimate of drug-likeness (QED) is 0.640. The highest BCUT2D eigenvalue weighted by atomic mass is 16.4. The van der Waals surface area contributed by atoms with Gasteiger partial charge in [0.25, 0.3) is 0 Å². The van der Waals surface area contributed by atoms with Crippen molar-refractivity contribution in [3.8, 4) is 6.07 Å². The Morgan fingerprint density at radius 1 is 1.73 bits per heavy atom. The number of nitriles is 1. The first kappa shape index (κ1) is 6.41. The van der Waals surface area contributed by atoms with Crippen molar-refractivity contribution in [2.24, 2.45) is 0 Å². The number of nitrogens with zero attached hydrogens (tertiary/aromatic N) is 2. The van der Waals surface area contributed by atoms with Gasteiger partial charge in [0.05, 0.1) is 18.7 Å². The van der Waals surface area contributed by atoms with Crippen molar-refractivity contribution in [2.45, 2.75) is 25.2 Å². The zero-order valence-electron chi connectivity index (χ0n) is 6.08. The molecule has 1 saturated carbocycles. The molecule has 0 bridgehead atoms. The van der Waals surface area contributed by atoms with Gasteiger partial charge in [-0.15, -0.1) is 0 Å². The third-order valence-electron chi connectivity index (χ3n) is 1.75. The summed E-state index contributed by atoms with van der Waals surface area (Å²) in [5.41, 5.74) is 0. The van der Waals surface area contributed by atoms with Gasteiger partial charge in [-0.3, -0.25) is 0 Å². The summed E-state index contributed by atoms with van der Waals surface area (Å²) in [6.07, 6.45) is 4.36. The van der Waals surface area contributed by atoms with Crippen molar-refractivity contribution in [3.05, 3.63) is 17.8 Å². The molecule has 1 aromatic rings. The standard InChI is InChI=1S/C8H8N2O/c9-4-3-7-5-10-8(11-7)6-1-2-6/h5-6H,1-3H2. The summed E-state index contributed by atoms with van der Waals surface area (Å²) >= 11 is 0. The average Bonchev–Trinajstić information content (AvgIpc) is 2.75. The lowest BCUT2D eigenvalue weighted by Gasteiger charge is -1.85. The molecule has 0 aromatic carbocycles. The van der Waals surface area contributed by atoms with Crippen molar-refractivity contribution >= 4 is 0 Å². The molecule has 1 aromatic heterocycles. The van der Waals surface area contributed by atoms with Crippen LogP contribution in [0.2, 0.25) is 0 Å². The van der Waals surface area contributed by atoms with Crippen LogP contribution in [0.1, 0.15) is 30.4 Å². The molecule has 0 atom stereocenters. The van der Waals surface area contributed by atoms with E-state index in [-0.39, 0.29) is 0 Å². The van der Waals surface area contributed by atoms with Crippen LogP contribution in [-0.4, -0.2) is 4.98 Å². The largest absolute Gasteiger partial charge is 0.444 e. The van der Waals surface area contributed by atoms with Crippen LogP contribution in [0, 0.1) is 11.3 Å². The first-order chi connectivity index (χ1) is 5.40. The summed E-state index contributed by atoms with van der Waals surface area (Å²) in [6.45, 7) is 0. The zero-order chi connectivity index (χ0) is 7.68. The second kappa shape index (κ2) is 2.39. The Morgan fingerprint density at radius 2 is 2.55 bits per heavy atom. The van der Waals surface area contributed by atoms with Crippen LogP contribution in [0.5, 0.6) is 0 Å². The number of oxazole rings is 1. The van der Waals surface area contributed by atoms with E-state index in [1.807, 2.05) is 6.07 Å². The van der Waals surface area contributed by atoms with Gasteiger partial charge < -0.3 is 4.42 Å². The molecule has 0 saturated heterocycles. The minimum absolute atomic E-state index is 0.333. The van der Waals surface area contributed by atoms with E-state index in [4.69, 9.17) is 9.68 Å². The molecule has 0 unspecified atom stereocenters. The Balaban J connectivity index is 2.13. The number of rotatable bonds is 2. The van der Waals surface area contributed by atoms with Gasteiger partial charge in [0.1, 0.15) is 5.76 Å². The van der Waals surface area contributed by atoms with E-state index in [2.05, 4.69) is 4.98 Å². The first-order valence-electron chi connectivity index (χ1n) is 3.71. The van der Waals surface area contributed by atoms with Gasteiger partial charge in [-0.05, 0) is 12.8 Å². The second-order valence-electron chi connectivity index (χ2n) is 2.77. The fourth-order valence-electron chi connectivity index (χ4n) is 1.00. The van der Waals surface area contributed by atoms with Crippen LogP contribution in [0.3, 0.4) is 0 Å². The molecule has 0 radical (unpaired) electrons. The van der Waals surface area contributed by atoms with Crippen LogP contribution in [0.4, 0.5) is 0 Å². The topological polar surface area (TPSA) is 49.8 Å². The number of hydrogen-bond acceptors (Lipinski definition) is 3. The highest BCUT2D eigenvalue weighted by molar-refractivity contribution is 5.07. The number of hydrogen-bond donors (Lipinski definition) is 0. The summed E-state index contributed by atoms with van der Waals surface area (Å²) in [7, 11) is 0. The molecule has 2 rings (SSSR count). The molecule has 0 spiro atoms. The minimum Gasteiger partial charge on any atom is -0.444 e. The molecule has 1 heterocycles.